The molecule has 0 bridgehead atoms. The molecule has 3 rings (SSSR count). The largest absolute Gasteiger partial charge is 0.339 e. The third-order valence-electron chi connectivity index (χ3n) is 4.74. The van der Waals surface area contributed by atoms with Crippen molar-refractivity contribution in [3.63, 3.8) is 0 Å². The van der Waals surface area contributed by atoms with Crippen molar-refractivity contribution in [1.82, 2.24) is 19.4 Å². The van der Waals surface area contributed by atoms with Gasteiger partial charge in [0, 0.05) is 57.5 Å². The number of carbonyl (C=O) groups excluding carboxylic acids is 2. The molecular formula is C16H24N4O2. The van der Waals surface area contributed by atoms with Gasteiger partial charge in [0.25, 0.3) is 0 Å². The summed E-state index contributed by atoms with van der Waals surface area (Å²) in [6.45, 7) is 5.69. The Morgan fingerprint density at radius 3 is 2.45 bits per heavy atom. The molecule has 1 saturated carbocycles. The van der Waals surface area contributed by atoms with Gasteiger partial charge in [-0.05, 0) is 18.8 Å². The Hall–Kier alpha value is -1.85. The van der Waals surface area contributed by atoms with Crippen LogP contribution in [0.15, 0.2) is 18.7 Å². The first-order chi connectivity index (χ1) is 10.6. The number of carbonyl (C=O) groups is 2. The summed E-state index contributed by atoms with van der Waals surface area (Å²) in [5.74, 6) is 1.29. The van der Waals surface area contributed by atoms with E-state index < -0.39 is 0 Å². The average molecular weight is 304 g/mol. The van der Waals surface area contributed by atoms with Crippen LogP contribution >= 0.6 is 0 Å². The molecule has 0 radical (unpaired) electrons. The molecule has 1 aromatic rings. The van der Waals surface area contributed by atoms with E-state index in [1.54, 1.807) is 12.5 Å². The minimum Gasteiger partial charge on any atom is -0.339 e. The van der Waals surface area contributed by atoms with Gasteiger partial charge in [0.1, 0.15) is 0 Å². The molecule has 2 fully saturated rings. The summed E-state index contributed by atoms with van der Waals surface area (Å²) in [6.07, 6.45) is 7.85. The van der Waals surface area contributed by atoms with Crippen LogP contribution in [0.1, 0.15) is 26.2 Å². The topological polar surface area (TPSA) is 58.4 Å². The second-order valence-corrected chi connectivity index (χ2v) is 6.43. The molecule has 1 saturated heterocycles. The van der Waals surface area contributed by atoms with Crippen LogP contribution in [-0.4, -0.2) is 57.3 Å². The van der Waals surface area contributed by atoms with E-state index in [0.717, 1.165) is 19.4 Å². The molecule has 1 aromatic heterocycles. The first-order valence-electron chi connectivity index (χ1n) is 8.17. The molecule has 0 spiro atoms. The van der Waals surface area contributed by atoms with Crippen LogP contribution in [0.5, 0.6) is 0 Å². The molecule has 0 aromatic carbocycles. The zero-order valence-corrected chi connectivity index (χ0v) is 13.1. The zero-order valence-electron chi connectivity index (χ0n) is 13.1. The number of amides is 2. The first-order valence-corrected chi connectivity index (χ1v) is 8.17. The molecule has 22 heavy (non-hydrogen) atoms. The second kappa shape index (κ2) is 6.50. The molecule has 1 aliphatic heterocycles. The Morgan fingerprint density at radius 1 is 1.18 bits per heavy atom. The Bertz CT molecular complexity index is 520. The normalized spacial score (nSPS) is 24.4. The number of hydrogen-bond donors (Lipinski definition) is 0. The van der Waals surface area contributed by atoms with Gasteiger partial charge < -0.3 is 14.4 Å². The predicted molar refractivity (Wildman–Crippen MR) is 81.9 cm³/mol. The summed E-state index contributed by atoms with van der Waals surface area (Å²) in [6, 6.07) is 0. The number of rotatable bonds is 5. The Balaban J connectivity index is 1.37. The van der Waals surface area contributed by atoms with Crippen molar-refractivity contribution in [2.24, 2.45) is 11.8 Å². The third kappa shape index (κ3) is 3.48. The van der Waals surface area contributed by atoms with Crippen molar-refractivity contribution in [2.75, 3.05) is 26.2 Å². The number of hydrogen-bond acceptors (Lipinski definition) is 3. The van der Waals surface area contributed by atoms with Crippen LogP contribution in [0.4, 0.5) is 0 Å². The molecule has 6 nitrogen and oxygen atoms in total. The SMILES string of the molecule is C[C@H]1C[C@H]1C(=O)N1CCN(C(=O)CCCn2ccnc2)CC1. The number of imidazole rings is 1. The van der Waals surface area contributed by atoms with E-state index in [1.807, 2.05) is 20.6 Å². The standard InChI is InChI=1S/C16H24N4O2/c1-13-11-14(13)16(22)20-9-7-19(8-10-20)15(21)3-2-5-18-6-4-17-12-18/h4,6,12-14H,2-3,5,7-11H2,1H3/t13-,14+/m0/s1. The van der Waals surface area contributed by atoms with E-state index in [9.17, 15) is 9.59 Å². The summed E-state index contributed by atoms with van der Waals surface area (Å²) >= 11 is 0. The lowest BCUT2D eigenvalue weighted by molar-refractivity contribution is -0.140. The minimum atomic E-state index is 0.201. The molecule has 2 atom stereocenters. The van der Waals surface area contributed by atoms with Crippen molar-refractivity contribution in [3.05, 3.63) is 18.7 Å². The van der Waals surface area contributed by atoms with Gasteiger partial charge >= 0.3 is 0 Å². The Labute approximate surface area is 131 Å². The van der Waals surface area contributed by atoms with Gasteiger partial charge in [-0.3, -0.25) is 9.59 Å². The Kier molecular flexibility index (Phi) is 4.45. The predicted octanol–water partition coefficient (Wildman–Crippen LogP) is 0.990. The Morgan fingerprint density at radius 2 is 1.86 bits per heavy atom. The van der Waals surface area contributed by atoms with Crippen molar-refractivity contribution in [2.45, 2.75) is 32.7 Å². The van der Waals surface area contributed by atoms with Gasteiger partial charge in [-0.2, -0.15) is 0 Å². The van der Waals surface area contributed by atoms with Crippen LogP contribution in [0.2, 0.25) is 0 Å². The van der Waals surface area contributed by atoms with Gasteiger partial charge in [0.15, 0.2) is 0 Å². The fourth-order valence-corrected chi connectivity index (χ4v) is 3.07. The monoisotopic (exact) mass is 304 g/mol. The van der Waals surface area contributed by atoms with Crippen LogP contribution in [0.25, 0.3) is 0 Å². The van der Waals surface area contributed by atoms with E-state index in [1.165, 1.54) is 0 Å². The lowest BCUT2D eigenvalue weighted by Gasteiger charge is -2.35. The highest BCUT2D eigenvalue weighted by atomic mass is 16.2. The van der Waals surface area contributed by atoms with Gasteiger partial charge in [0.2, 0.25) is 11.8 Å². The molecule has 120 valence electrons. The number of piperazine rings is 1. The molecule has 0 N–H and O–H groups in total. The van der Waals surface area contributed by atoms with Crippen molar-refractivity contribution in [1.29, 1.82) is 0 Å². The van der Waals surface area contributed by atoms with E-state index in [0.29, 0.717) is 44.4 Å². The highest BCUT2D eigenvalue weighted by Crippen LogP contribution is 2.39. The van der Waals surface area contributed by atoms with Crippen molar-refractivity contribution < 1.29 is 9.59 Å². The summed E-state index contributed by atoms with van der Waals surface area (Å²) in [7, 11) is 0. The fourth-order valence-electron chi connectivity index (χ4n) is 3.07. The number of nitrogens with zero attached hydrogens (tertiary/aromatic N) is 4. The van der Waals surface area contributed by atoms with Gasteiger partial charge in [-0.1, -0.05) is 6.92 Å². The summed E-state index contributed by atoms with van der Waals surface area (Å²) in [4.78, 5) is 32.2. The molecule has 2 aliphatic rings. The van der Waals surface area contributed by atoms with Gasteiger partial charge in [-0.25, -0.2) is 4.98 Å². The maximum atomic E-state index is 12.2. The van der Waals surface area contributed by atoms with E-state index in [2.05, 4.69) is 11.9 Å². The van der Waals surface area contributed by atoms with Gasteiger partial charge in [-0.15, -0.1) is 0 Å². The van der Waals surface area contributed by atoms with Crippen molar-refractivity contribution in [3.8, 4) is 0 Å². The lowest BCUT2D eigenvalue weighted by Crippen LogP contribution is -2.51. The number of aromatic nitrogens is 2. The molecule has 2 heterocycles. The maximum absolute atomic E-state index is 12.2. The molecular weight excluding hydrogens is 280 g/mol. The fraction of sp³-hybridized carbons (Fsp3) is 0.688. The third-order valence-corrected chi connectivity index (χ3v) is 4.74. The number of aryl methyl sites for hydroxylation is 1. The summed E-state index contributed by atoms with van der Waals surface area (Å²) in [5, 5.41) is 0. The van der Waals surface area contributed by atoms with Crippen LogP contribution < -0.4 is 0 Å². The smallest absolute Gasteiger partial charge is 0.226 e. The lowest BCUT2D eigenvalue weighted by atomic mass is 10.2. The highest BCUT2D eigenvalue weighted by molar-refractivity contribution is 5.82. The highest BCUT2D eigenvalue weighted by Gasteiger charge is 2.42. The van der Waals surface area contributed by atoms with Gasteiger partial charge in [0.05, 0.1) is 6.33 Å². The van der Waals surface area contributed by atoms with Crippen molar-refractivity contribution >= 4 is 11.8 Å². The molecule has 2 amide bonds. The molecule has 6 heteroatoms. The van der Waals surface area contributed by atoms with E-state index >= 15 is 0 Å². The minimum absolute atomic E-state index is 0.201. The van der Waals surface area contributed by atoms with E-state index in [4.69, 9.17) is 0 Å². The van der Waals surface area contributed by atoms with Crippen LogP contribution in [0.3, 0.4) is 0 Å². The average Bonchev–Trinajstić information content (AvgIpc) is 3.04. The summed E-state index contributed by atoms with van der Waals surface area (Å²) < 4.78 is 1.99. The second-order valence-electron chi connectivity index (χ2n) is 6.43. The molecule has 0 unspecified atom stereocenters. The summed E-state index contributed by atoms with van der Waals surface area (Å²) in [5.41, 5.74) is 0. The first kappa shape index (κ1) is 15.1. The van der Waals surface area contributed by atoms with E-state index in [-0.39, 0.29) is 11.8 Å². The maximum Gasteiger partial charge on any atom is 0.226 e. The molecule has 1 aliphatic carbocycles. The quantitative estimate of drug-likeness (QED) is 0.815. The van der Waals surface area contributed by atoms with Crippen LogP contribution in [-0.2, 0) is 16.1 Å². The zero-order chi connectivity index (χ0) is 15.5. The van der Waals surface area contributed by atoms with Crippen LogP contribution in [0, 0.1) is 11.8 Å².